The molecule has 0 unspecified atom stereocenters. The van der Waals surface area contributed by atoms with Crippen molar-refractivity contribution in [2.45, 2.75) is 39.7 Å². The minimum Gasteiger partial charge on any atom is -0.395 e. The summed E-state index contributed by atoms with van der Waals surface area (Å²) in [5, 5.41) is 14.6. The van der Waals surface area contributed by atoms with Crippen LogP contribution in [0.25, 0.3) is 0 Å². The molecular weight excluding hydrogens is 262 g/mol. The van der Waals surface area contributed by atoms with Gasteiger partial charge in [-0.1, -0.05) is 20.8 Å². The van der Waals surface area contributed by atoms with Gasteiger partial charge in [0.15, 0.2) is 0 Å². The van der Waals surface area contributed by atoms with Crippen LogP contribution in [-0.4, -0.2) is 40.7 Å². The number of amides is 2. The quantitative estimate of drug-likeness (QED) is 0.869. The van der Waals surface area contributed by atoms with E-state index in [4.69, 9.17) is 5.11 Å². The van der Waals surface area contributed by atoms with Crippen molar-refractivity contribution in [3.05, 3.63) is 16.1 Å². The van der Waals surface area contributed by atoms with Crippen LogP contribution >= 0.6 is 11.3 Å². The molecule has 0 saturated heterocycles. The summed E-state index contributed by atoms with van der Waals surface area (Å²) in [5.41, 5.74) is 1.08. The van der Waals surface area contributed by atoms with E-state index in [0.717, 1.165) is 10.7 Å². The van der Waals surface area contributed by atoms with Gasteiger partial charge in [-0.25, -0.2) is 9.78 Å². The zero-order valence-corrected chi connectivity index (χ0v) is 12.9. The SMILES string of the molecule is CCN(CCO)C(=O)NCc1nc(C(C)(C)C)cs1. The Hall–Kier alpha value is -1.14. The Bertz CT molecular complexity index is 412. The second kappa shape index (κ2) is 6.86. The molecule has 1 rings (SSSR count). The number of nitrogens with one attached hydrogen (secondary N) is 1. The minimum absolute atomic E-state index is 0.0211. The number of thiazole rings is 1. The van der Waals surface area contributed by atoms with E-state index < -0.39 is 0 Å². The molecule has 2 N–H and O–H groups in total. The molecular formula is C13H23N3O2S. The molecule has 0 bridgehead atoms. The van der Waals surface area contributed by atoms with Gasteiger partial charge in [0.05, 0.1) is 18.8 Å². The van der Waals surface area contributed by atoms with Gasteiger partial charge < -0.3 is 15.3 Å². The first-order valence-electron chi connectivity index (χ1n) is 6.47. The number of urea groups is 1. The molecule has 0 atom stereocenters. The molecule has 1 aromatic rings. The van der Waals surface area contributed by atoms with E-state index in [9.17, 15) is 4.79 Å². The highest BCUT2D eigenvalue weighted by Crippen LogP contribution is 2.23. The Balaban J connectivity index is 2.52. The van der Waals surface area contributed by atoms with Crippen LogP contribution in [0.5, 0.6) is 0 Å². The monoisotopic (exact) mass is 285 g/mol. The normalized spacial score (nSPS) is 11.4. The summed E-state index contributed by atoms with van der Waals surface area (Å²) < 4.78 is 0. The molecule has 1 aromatic heterocycles. The topological polar surface area (TPSA) is 65.5 Å². The second-order valence-corrected chi connectivity index (χ2v) is 6.28. The number of hydrogen-bond acceptors (Lipinski definition) is 4. The number of rotatable bonds is 5. The summed E-state index contributed by atoms with van der Waals surface area (Å²) >= 11 is 1.56. The Labute approximate surface area is 118 Å². The first kappa shape index (κ1) is 15.9. The fraction of sp³-hybridized carbons (Fsp3) is 0.692. The Morgan fingerprint density at radius 3 is 2.68 bits per heavy atom. The van der Waals surface area contributed by atoms with Crippen molar-refractivity contribution in [3.63, 3.8) is 0 Å². The first-order valence-corrected chi connectivity index (χ1v) is 7.35. The molecule has 108 valence electrons. The van der Waals surface area contributed by atoms with Crippen LogP contribution in [0.1, 0.15) is 38.4 Å². The van der Waals surface area contributed by atoms with E-state index in [-0.39, 0.29) is 18.1 Å². The average Bonchev–Trinajstić information content (AvgIpc) is 2.81. The number of hydrogen-bond donors (Lipinski definition) is 2. The van der Waals surface area contributed by atoms with Crippen LogP contribution in [0.3, 0.4) is 0 Å². The Morgan fingerprint density at radius 1 is 1.53 bits per heavy atom. The molecule has 0 spiro atoms. The number of aromatic nitrogens is 1. The molecule has 6 heteroatoms. The molecule has 5 nitrogen and oxygen atoms in total. The van der Waals surface area contributed by atoms with Gasteiger partial charge in [-0.3, -0.25) is 0 Å². The third-order valence-corrected chi connectivity index (χ3v) is 3.60. The van der Waals surface area contributed by atoms with Gasteiger partial charge in [0, 0.05) is 23.9 Å². The van der Waals surface area contributed by atoms with E-state index in [1.165, 1.54) is 0 Å². The predicted octanol–water partition coefficient (Wildman–Crippen LogP) is 1.96. The predicted molar refractivity (Wildman–Crippen MR) is 77.4 cm³/mol. The summed E-state index contributed by atoms with van der Waals surface area (Å²) in [6.45, 7) is 9.58. The molecule has 0 aromatic carbocycles. The largest absolute Gasteiger partial charge is 0.395 e. The number of likely N-dealkylation sites (N-methyl/N-ethyl adjacent to an activating group) is 1. The third kappa shape index (κ3) is 4.80. The van der Waals surface area contributed by atoms with Crippen molar-refractivity contribution in [2.24, 2.45) is 0 Å². The van der Waals surface area contributed by atoms with Gasteiger partial charge in [0.25, 0.3) is 0 Å². The lowest BCUT2D eigenvalue weighted by Crippen LogP contribution is -2.41. The molecule has 19 heavy (non-hydrogen) atoms. The van der Waals surface area contributed by atoms with Gasteiger partial charge >= 0.3 is 6.03 Å². The minimum atomic E-state index is -0.163. The highest BCUT2D eigenvalue weighted by atomic mass is 32.1. The summed E-state index contributed by atoms with van der Waals surface area (Å²) in [6.07, 6.45) is 0. The number of carbonyl (C=O) groups is 1. The van der Waals surface area contributed by atoms with Crippen molar-refractivity contribution < 1.29 is 9.90 Å². The van der Waals surface area contributed by atoms with Gasteiger partial charge in [-0.2, -0.15) is 0 Å². The fourth-order valence-corrected chi connectivity index (χ4v) is 2.48. The summed E-state index contributed by atoms with van der Waals surface area (Å²) in [4.78, 5) is 17.9. The standard InChI is InChI=1S/C13H23N3O2S/c1-5-16(6-7-17)12(18)14-8-11-15-10(9-19-11)13(2,3)4/h9,17H,5-8H2,1-4H3,(H,14,18). The van der Waals surface area contributed by atoms with E-state index in [1.54, 1.807) is 16.2 Å². The number of carbonyl (C=O) groups excluding carboxylic acids is 1. The molecule has 0 aliphatic carbocycles. The van der Waals surface area contributed by atoms with Crippen molar-refractivity contribution >= 4 is 17.4 Å². The smallest absolute Gasteiger partial charge is 0.317 e. The lowest BCUT2D eigenvalue weighted by atomic mass is 9.93. The molecule has 1 heterocycles. The maximum atomic E-state index is 11.8. The lowest BCUT2D eigenvalue weighted by molar-refractivity contribution is 0.180. The van der Waals surface area contributed by atoms with Crippen molar-refractivity contribution in [1.29, 1.82) is 0 Å². The first-order chi connectivity index (χ1) is 8.88. The highest BCUT2D eigenvalue weighted by molar-refractivity contribution is 7.09. The molecule has 2 amide bonds. The van der Waals surface area contributed by atoms with E-state index in [2.05, 4.69) is 31.1 Å². The highest BCUT2D eigenvalue weighted by Gasteiger charge is 2.18. The lowest BCUT2D eigenvalue weighted by Gasteiger charge is -2.19. The van der Waals surface area contributed by atoms with Crippen LogP contribution in [0, 0.1) is 0 Å². The van der Waals surface area contributed by atoms with Crippen LogP contribution in [-0.2, 0) is 12.0 Å². The fourth-order valence-electron chi connectivity index (χ4n) is 1.52. The summed E-state index contributed by atoms with van der Waals surface area (Å²) in [5.74, 6) is 0. The molecule has 0 aliphatic rings. The van der Waals surface area contributed by atoms with Gasteiger partial charge in [0.2, 0.25) is 0 Å². The van der Waals surface area contributed by atoms with E-state index >= 15 is 0 Å². The average molecular weight is 285 g/mol. The van der Waals surface area contributed by atoms with Crippen molar-refractivity contribution in [2.75, 3.05) is 19.7 Å². The number of aliphatic hydroxyl groups is 1. The maximum Gasteiger partial charge on any atom is 0.317 e. The molecule has 0 saturated carbocycles. The van der Waals surface area contributed by atoms with Crippen LogP contribution in [0.15, 0.2) is 5.38 Å². The molecule has 0 radical (unpaired) electrons. The molecule has 0 fully saturated rings. The van der Waals surface area contributed by atoms with Gasteiger partial charge in [-0.05, 0) is 6.92 Å². The van der Waals surface area contributed by atoms with Gasteiger partial charge in [0.1, 0.15) is 5.01 Å². The third-order valence-electron chi connectivity index (χ3n) is 2.75. The van der Waals surface area contributed by atoms with Crippen molar-refractivity contribution in [3.8, 4) is 0 Å². The Kier molecular flexibility index (Phi) is 5.75. The van der Waals surface area contributed by atoms with Crippen molar-refractivity contribution in [1.82, 2.24) is 15.2 Å². The zero-order valence-electron chi connectivity index (χ0n) is 12.1. The zero-order chi connectivity index (χ0) is 14.5. The second-order valence-electron chi connectivity index (χ2n) is 5.34. The summed E-state index contributed by atoms with van der Waals surface area (Å²) in [7, 11) is 0. The maximum absolute atomic E-state index is 11.8. The Morgan fingerprint density at radius 2 is 2.21 bits per heavy atom. The number of nitrogens with zero attached hydrogens (tertiary/aromatic N) is 2. The van der Waals surface area contributed by atoms with Gasteiger partial charge in [-0.15, -0.1) is 11.3 Å². The number of aliphatic hydroxyl groups excluding tert-OH is 1. The van der Waals surface area contributed by atoms with E-state index in [1.807, 2.05) is 12.3 Å². The van der Waals surface area contributed by atoms with Crippen LogP contribution in [0.2, 0.25) is 0 Å². The van der Waals surface area contributed by atoms with Crippen LogP contribution < -0.4 is 5.32 Å². The van der Waals surface area contributed by atoms with Crippen LogP contribution in [0.4, 0.5) is 4.79 Å². The van der Waals surface area contributed by atoms with E-state index in [0.29, 0.717) is 19.6 Å². The summed E-state index contributed by atoms with van der Waals surface area (Å²) in [6, 6.07) is -0.163. The molecule has 0 aliphatic heterocycles.